The average molecular weight is 374 g/mol. The molecule has 0 atom stereocenters. The Bertz CT molecular complexity index is 412. The topological polar surface area (TPSA) is 135 Å². The molecule has 0 aliphatic heterocycles. The smallest absolute Gasteiger partial charge is 0.404 e. The van der Waals surface area contributed by atoms with E-state index >= 15 is 0 Å². The molecule has 1 amide bonds. The van der Waals surface area contributed by atoms with Gasteiger partial charge in [-0.25, -0.2) is 4.79 Å². The van der Waals surface area contributed by atoms with Crippen molar-refractivity contribution in [2.75, 3.05) is 59.4 Å². The summed E-state index contributed by atoms with van der Waals surface area (Å²) in [5, 5.41) is 14.6. The zero-order chi connectivity index (χ0) is 18.9. The number of nitrogens with zero attached hydrogens (tertiary/aromatic N) is 3. The van der Waals surface area contributed by atoms with Gasteiger partial charge in [0.15, 0.2) is 0 Å². The molecule has 0 aromatic rings. The molecular formula is C16H30N4O6. The molecule has 0 unspecified atom stereocenters. The number of amides is 1. The Labute approximate surface area is 153 Å². The summed E-state index contributed by atoms with van der Waals surface area (Å²) in [6.45, 7) is 4.47. The van der Waals surface area contributed by atoms with Crippen LogP contribution in [-0.2, 0) is 18.9 Å². The van der Waals surface area contributed by atoms with Crippen molar-refractivity contribution < 1.29 is 28.8 Å². The largest absolute Gasteiger partial charge is 0.465 e. The minimum Gasteiger partial charge on any atom is -0.465 e. The molecule has 10 heteroatoms. The van der Waals surface area contributed by atoms with Gasteiger partial charge in [0, 0.05) is 24.1 Å². The lowest BCUT2D eigenvalue weighted by atomic mass is 9.86. The summed E-state index contributed by atoms with van der Waals surface area (Å²) in [5.41, 5.74) is 8.08. The van der Waals surface area contributed by atoms with Gasteiger partial charge in [-0.1, -0.05) is 5.11 Å². The number of carboxylic acid groups (broad SMARTS) is 1. The lowest BCUT2D eigenvalue weighted by Crippen LogP contribution is -2.37. The van der Waals surface area contributed by atoms with Gasteiger partial charge >= 0.3 is 6.09 Å². The highest BCUT2D eigenvalue weighted by Crippen LogP contribution is 2.24. The Morgan fingerprint density at radius 1 is 0.962 bits per heavy atom. The molecule has 2 N–H and O–H groups in total. The Hall–Kier alpha value is -1.58. The predicted octanol–water partition coefficient (Wildman–Crippen LogP) is 2.19. The third-order valence-electron chi connectivity index (χ3n) is 4.04. The first-order valence-corrected chi connectivity index (χ1v) is 9.03. The highest BCUT2D eigenvalue weighted by molar-refractivity contribution is 5.64. The first-order valence-electron chi connectivity index (χ1n) is 9.03. The molecule has 1 rings (SSSR count). The standard InChI is InChI=1S/C16H30N4O6/c17-20-18-5-6-23-7-8-24-9-10-25-11-12-26-13-14-1-3-15(4-2-14)19-16(21)22/h14-15,19H,1-13H2,(H,21,22)/t14-,15-. The van der Waals surface area contributed by atoms with E-state index in [9.17, 15) is 4.79 Å². The lowest BCUT2D eigenvalue weighted by molar-refractivity contribution is -0.00737. The number of nitrogens with one attached hydrogen (secondary N) is 1. The van der Waals surface area contributed by atoms with E-state index in [1.165, 1.54) is 0 Å². The predicted molar refractivity (Wildman–Crippen MR) is 94.2 cm³/mol. The van der Waals surface area contributed by atoms with Gasteiger partial charge in [0.1, 0.15) is 0 Å². The summed E-state index contributed by atoms with van der Waals surface area (Å²) in [5.74, 6) is 0.504. The molecule has 1 aliphatic rings. The third-order valence-corrected chi connectivity index (χ3v) is 4.04. The van der Waals surface area contributed by atoms with Crippen LogP contribution in [0, 0.1) is 5.92 Å². The lowest BCUT2D eigenvalue weighted by Gasteiger charge is -2.28. The van der Waals surface area contributed by atoms with Crippen LogP contribution in [0.1, 0.15) is 25.7 Å². The van der Waals surface area contributed by atoms with Crippen LogP contribution < -0.4 is 5.32 Å². The van der Waals surface area contributed by atoms with Crippen molar-refractivity contribution in [3.8, 4) is 0 Å². The van der Waals surface area contributed by atoms with Gasteiger partial charge in [0.05, 0.1) is 46.2 Å². The van der Waals surface area contributed by atoms with Gasteiger partial charge in [-0.3, -0.25) is 0 Å². The monoisotopic (exact) mass is 374 g/mol. The number of rotatable bonds is 15. The molecule has 1 aliphatic carbocycles. The molecule has 0 bridgehead atoms. The van der Waals surface area contributed by atoms with Gasteiger partial charge in [0.2, 0.25) is 0 Å². The molecule has 1 saturated carbocycles. The van der Waals surface area contributed by atoms with Crippen molar-refractivity contribution in [2.24, 2.45) is 11.0 Å². The van der Waals surface area contributed by atoms with Crippen molar-refractivity contribution >= 4 is 6.09 Å². The van der Waals surface area contributed by atoms with Crippen LogP contribution in [0.25, 0.3) is 10.4 Å². The molecule has 0 aromatic heterocycles. The Morgan fingerprint density at radius 3 is 2.04 bits per heavy atom. The summed E-state index contributed by atoms with van der Waals surface area (Å²) in [4.78, 5) is 13.2. The van der Waals surface area contributed by atoms with Crippen LogP contribution in [0.3, 0.4) is 0 Å². The van der Waals surface area contributed by atoms with Crippen molar-refractivity contribution in [2.45, 2.75) is 31.7 Å². The van der Waals surface area contributed by atoms with Crippen LogP contribution >= 0.6 is 0 Å². The van der Waals surface area contributed by atoms with E-state index in [0.717, 1.165) is 25.7 Å². The second-order valence-electron chi connectivity index (χ2n) is 6.03. The summed E-state index contributed by atoms with van der Waals surface area (Å²) in [6.07, 6.45) is 2.80. The maximum atomic E-state index is 10.6. The minimum atomic E-state index is -0.941. The molecule has 10 nitrogen and oxygen atoms in total. The maximum Gasteiger partial charge on any atom is 0.404 e. The molecule has 0 spiro atoms. The number of hydrogen-bond acceptors (Lipinski definition) is 6. The van der Waals surface area contributed by atoms with Crippen LogP contribution in [0.2, 0.25) is 0 Å². The quantitative estimate of drug-likeness (QED) is 0.195. The zero-order valence-corrected chi connectivity index (χ0v) is 15.2. The normalized spacial score (nSPS) is 19.7. The van der Waals surface area contributed by atoms with E-state index < -0.39 is 6.09 Å². The number of carbonyl (C=O) groups is 1. The Kier molecular flexibility index (Phi) is 13.5. The summed E-state index contributed by atoms with van der Waals surface area (Å²) in [7, 11) is 0. The van der Waals surface area contributed by atoms with Crippen LogP contribution in [0.5, 0.6) is 0 Å². The number of azide groups is 1. The van der Waals surface area contributed by atoms with Crippen molar-refractivity contribution in [3.63, 3.8) is 0 Å². The number of ether oxygens (including phenoxy) is 4. The average Bonchev–Trinajstić information content (AvgIpc) is 2.63. The van der Waals surface area contributed by atoms with E-state index in [4.69, 9.17) is 29.6 Å². The van der Waals surface area contributed by atoms with Gasteiger partial charge in [-0.05, 0) is 37.1 Å². The minimum absolute atomic E-state index is 0.0866. The first kappa shape index (κ1) is 22.5. The van der Waals surface area contributed by atoms with E-state index in [1.54, 1.807) is 0 Å². The summed E-state index contributed by atoms with van der Waals surface area (Å²) in [6, 6.07) is 0.0866. The highest BCUT2D eigenvalue weighted by Gasteiger charge is 2.22. The second kappa shape index (κ2) is 15.7. The van der Waals surface area contributed by atoms with Crippen LogP contribution in [0.4, 0.5) is 4.79 Å². The highest BCUT2D eigenvalue weighted by atomic mass is 16.6. The van der Waals surface area contributed by atoms with Crippen LogP contribution in [0.15, 0.2) is 5.11 Å². The number of hydrogen-bond donors (Lipinski definition) is 2. The van der Waals surface area contributed by atoms with Gasteiger partial charge < -0.3 is 29.4 Å². The fourth-order valence-electron chi connectivity index (χ4n) is 2.71. The molecule has 0 radical (unpaired) electrons. The second-order valence-corrected chi connectivity index (χ2v) is 6.03. The molecule has 1 fully saturated rings. The van der Waals surface area contributed by atoms with Gasteiger partial charge in [-0.2, -0.15) is 0 Å². The van der Waals surface area contributed by atoms with Gasteiger partial charge in [0.25, 0.3) is 0 Å². The van der Waals surface area contributed by atoms with E-state index in [1.807, 2.05) is 0 Å². The van der Waals surface area contributed by atoms with E-state index in [2.05, 4.69) is 15.3 Å². The Balaban J connectivity index is 1.79. The molecule has 0 heterocycles. The summed E-state index contributed by atoms with van der Waals surface area (Å²) >= 11 is 0. The molecule has 150 valence electrons. The molecule has 0 aromatic carbocycles. The fourth-order valence-corrected chi connectivity index (χ4v) is 2.71. The van der Waals surface area contributed by atoms with Crippen molar-refractivity contribution in [1.29, 1.82) is 0 Å². The Morgan fingerprint density at radius 2 is 1.50 bits per heavy atom. The van der Waals surface area contributed by atoms with Crippen molar-refractivity contribution in [3.05, 3.63) is 10.4 Å². The third kappa shape index (κ3) is 12.7. The molecule has 26 heavy (non-hydrogen) atoms. The van der Waals surface area contributed by atoms with Crippen LogP contribution in [-0.4, -0.2) is 76.6 Å². The fraction of sp³-hybridized carbons (Fsp3) is 0.938. The molecular weight excluding hydrogens is 344 g/mol. The van der Waals surface area contributed by atoms with Crippen molar-refractivity contribution in [1.82, 2.24) is 5.32 Å². The summed E-state index contributed by atoms with van der Waals surface area (Å²) < 4.78 is 21.6. The van der Waals surface area contributed by atoms with E-state index in [0.29, 0.717) is 65.3 Å². The maximum absolute atomic E-state index is 10.6. The van der Waals surface area contributed by atoms with Gasteiger partial charge in [-0.15, -0.1) is 0 Å². The van der Waals surface area contributed by atoms with E-state index in [-0.39, 0.29) is 6.04 Å². The SMILES string of the molecule is [N-]=[N+]=NCCOCCOCCOCCOC[C@H]1CC[C@H](NC(=O)O)CC1. The first-order chi connectivity index (χ1) is 12.7. The molecule has 0 saturated heterocycles. The zero-order valence-electron chi connectivity index (χ0n) is 15.2.